The number of methoxy groups -OCH3 is 3. The lowest BCUT2D eigenvalue weighted by Gasteiger charge is -2.14. The Morgan fingerprint density at radius 2 is 1.66 bits per heavy atom. The molecule has 0 aliphatic carbocycles. The Bertz CT molecular complexity index is 1240. The van der Waals surface area contributed by atoms with Gasteiger partial charge in [0.15, 0.2) is 23.0 Å². The topological polar surface area (TPSA) is 82.8 Å². The van der Waals surface area contributed by atoms with Crippen LogP contribution >= 0.6 is 11.6 Å². The fourth-order valence-corrected chi connectivity index (χ4v) is 3.49. The first kappa shape index (κ1) is 21.5. The average Bonchev–Trinajstić information content (AvgIpc) is 3.20. The highest BCUT2D eigenvalue weighted by Crippen LogP contribution is 2.38. The van der Waals surface area contributed by atoms with E-state index >= 15 is 0 Å². The minimum absolute atomic E-state index is 0.298. The summed E-state index contributed by atoms with van der Waals surface area (Å²) in [6.07, 6.45) is 0.521. The molecule has 0 saturated heterocycles. The summed E-state index contributed by atoms with van der Waals surface area (Å²) in [5, 5.41) is 3.49. The van der Waals surface area contributed by atoms with Crippen LogP contribution in [0.15, 0.2) is 59.0 Å². The van der Waals surface area contributed by atoms with Crippen molar-refractivity contribution in [2.75, 3.05) is 26.6 Å². The molecule has 3 aromatic carbocycles. The van der Waals surface area contributed by atoms with Gasteiger partial charge < -0.3 is 23.9 Å². The second kappa shape index (κ2) is 9.20. The molecule has 1 N–H and O–H groups in total. The predicted molar refractivity (Wildman–Crippen MR) is 122 cm³/mol. The van der Waals surface area contributed by atoms with Crippen molar-refractivity contribution >= 4 is 34.3 Å². The largest absolute Gasteiger partial charge is 0.493 e. The number of carbonyl (C=O) groups is 1. The maximum Gasteiger partial charge on any atom is 0.255 e. The molecule has 4 aromatic rings. The second-order valence-corrected chi connectivity index (χ2v) is 7.40. The molecule has 8 heteroatoms. The first-order valence-electron chi connectivity index (χ1n) is 9.76. The number of rotatable bonds is 7. The number of fused-ring (bicyclic) bond motifs is 1. The fourth-order valence-electron chi connectivity index (χ4n) is 3.32. The van der Waals surface area contributed by atoms with Gasteiger partial charge in [0.1, 0.15) is 5.52 Å². The molecule has 7 nitrogen and oxygen atoms in total. The van der Waals surface area contributed by atoms with Crippen LogP contribution in [-0.4, -0.2) is 32.2 Å². The van der Waals surface area contributed by atoms with Gasteiger partial charge in [-0.05, 0) is 48.0 Å². The maximum atomic E-state index is 12.8. The number of benzene rings is 3. The molecule has 0 aliphatic heterocycles. The molecule has 164 valence electrons. The Balaban J connectivity index is 1.48. The summed E-state index contributed by atoms with van der Waals surface area (Å²) >= 11 is 6.00. The lowest BCUT2D eigenvalue weighted by molar-refractivity contribution is 0.102. The van der Waals surface area contributed by atoms with Gasteiger partial charge in [0.2, 0.25) is 5.75 Å². The highest BCUT2D eigenvalue weighted by atomic mass is 35.5. The molecule has 0 unspecified atom stereocenters. The third-order valence-electron chi connectivity index (χ3n) is 4.89. The highest BCUT2D eigenvalue weighted by molar-refractivity contribution is 6.31. The van der Waals surface area contributed by atoms with E-state index < -0.39 is 0 Å². The van der Waals surface area contributed by atoms with E-state index in [0.29, 0.717) is 51.4 Å². The van der Waals surface area contributed by atoms with Crippen molar-refractivity contribution in [3.8, 4) is 17.2 Å². The number of aromatic nitrogens is 1. The van der Waals surface area contributed by atoms with Crippen LogP contribution < -0.4 is 19.5 Å². The van der Waals surface area contributed by atoms with E-state index in [0.717, 1.165) is 11.1 Å². The summed E-state index contributed by atoms with van der Waals surface area (Å²) in [4.78, 5) is 17.2. The summed E-state index contributed by atoms with van der Waals surface area (Å²) in [6.45, 7) is 0. The molecule has 0 spiro atoms. The van der Waals surface area contributed by atoms with Crippen molar-refractivity contribution < 1.29 is 23.4 Å². The maximum absolute atomic E-state index is 12.8. The van der Waals surface area contributed by atoms with Crippen molar-refractivity contribution in [1.29, 1.82) is 0 Å². The van der Waals surface area contributed by atoms with Crippen LogP contribution in [0.4, 0.5) is 5.69 Å². The molecule has 0 radical (unpaired) electrons. The number of nitrogens with one attached hydrogen (secondary N) is 1. The number of hydrogen-bond acceptors (Lipinski definition) is 6. The Morgan fingerprint density at radius 3 is 2.28 bits per heavy atom. The molecule has 1 amide bonds. The normalized spacial score (nSPS) is 10.8. The zero-order chi connectivity index (χ0) is 22.7. The molecule has 4 rings (SSSR count). The van der Waals surface area contributed by atoms with Gasteiger partial charge in [-0.1, -0.05) is 23.7 Å². The van der Waals surface area contributed by atoms with Crippen LogP contribution in [0.5, 0.6) is 17.2 Å². The quantitative estimate of drug-likeness (QED) is 0.407. The van der Waals surface area contributed by atoms with Crippen LogP contribution in [0.25, 0.3) is 11.1 Å². The molecule has 0 aliphatic rings. The van der Waals surface area contributed by atoms with Crippen LogP contribution in [0.2, 0.25) is 5.02 Å². The second-order valence-electron chi connectivity index (χ2n) is 6.96. The number of amides is 1. The summed E-state index contributed by atoms with van der Waals surface area (Å²) < 4.78 is 21.7. The van der Waals surface area contributed by atoms with Crippen molar-refractivity contribution in [2.24, 2.45) is 0 Å². The Labute approximate surface area is 189 Å². The van der Waals surface area contributed by atoms with Crippen molar-refractivity contribution in [2.45, 2.75) is 6.42 Å². The minimum atomic E-state index is -0.298. The van der Waals surface area contributed by atoms with E-state index in [4.69, 9.17) is 30.2 Å². The number of anilines is 1. The molecular weight excluding hydrogens is 432 g/mol. The number of nitrogens with zero attached hydrogens (tertiary/aromatic N) is 1. The van der Waals surface area contributed by atoms with E-state index in [-0.39, 0.29) is 5.91 Å². The molecular formula is C24H21ClN2O5. The van der Waals surface area contributed by atoms with E-state index in [1.807, 2.05) is 24.3 Å². The van der Waals surface area contributed by atoms with E-state index in [1.165, 1.54) is 21.3 Å². The lowest BCUT2D eigenvalue weighted by Crippen LogP contribution is -2.12. The van der Waals surface area contributed by atoms with Crippen molar-refractivity contribution in [3.63, 3.8) is 0 Å². The van der Waals surface area contributed by atoms with Crippen molar-refractivity contribution in [3.05, 3.63) is 76.6 Å². The van der Waals surface area contributed by atoms with Gasteiger partial charge in [-0.3, -0.25) is 4.79 Å². The van der Waals surface area contributed by atoms with Gasteiger partial charge in [0.05, 0.1) is 21.3 Å². The minimum Gasteiger partial charge on any atom is -0.493 e. The van der Waals surface area contributed by atoms with Gasteiger partial charge in [0.25, 0.3) is 5.91 Å². The highest BCUT2D eigenvalue weighted by Gasteiger charge is 2.17. The Kier molecular flexibility index (Phi) is 6.18. The number of halogens is 1. The zero-order valence-electron chi connectivity index (χ0n) is 17.8. The van der Waals surface area contributed by atoms with E-state index in [2.05, 4.69) is 10.3 Å². The predicted octanol–water partition coefficient (Wildman–Crippen LogP) is 5.35. The molecule has 1 heterocycles. The zero-order valence-corrected chi connectivity index (χ0v) is 18.5. The average molecular weight is 453 g/mol. The van der Waals surface area contributed by atoms with Gasteiger partial charge in [0, 0.05) is 22.7 Å². The van der Waals surface area contributed by atoms with E-state index in [1.54, 1.807) is 30.3 Å². The summed E-state index contributed by atoms with van der Waals surface area (Å²) in [5.41, 5.74) is 3.44. The van der Waals surface area contributed by atoms with Crippen LogP contribution in [-0.2, 0) is 6.42 Å². The molecule has 0 atom stereocenters. The van der Waals surface area contributed by atoms with Gasteiger partial charge >= 0.3 is 0 Å². The molecule has 0 bridgehead atoms. The van der Waals surface area contributed by atoms with Crippen LogP contribution in [0.1, 0.15) is 21.8 Å². The van der Waals surface area contributed by atoms with Crippen LogP contribution in [0, 0.1) is 0 Å². The molecule has 32 heavy (non-hydrogen) atoms. The van der Waals surface area contributed by atoms with Gasteiger partial charge in [-0.25, -0.2) is 4.98 Å². The SMILES string of the molecule is COc1cc(C(=O)Nc2ccc(Cc3nc4cc(Cl)ccc4o3)cc2)cc(OC)c1OC. The third kappa shape index (κ3) is 4.48. The van der Waals surface area contributed by atoms with Crippen LogP contribution in [0.3, 0.4) is 0 Å². The number of carbonyl (C=O) groups excluding carboxylic acids is 1. The summed E-state index contributed by atoms with van der Waals surface area (Å²) in [6, 6.07) is 16.0. The Morgan fingerprint density at radius 1 is 0.969 bits per heavy atom. The number of hydrogen-bond donors (Lipinski definition) is 1. The number of oxazole rings is 1. The summed E-state index contributed by atoms with van der Waals surface area (Å²) in [5.74, 6) is 1.54. The first-order chi connectivity index (χ1) is 15.5. The third-order valence-corrected chi connectivity index (χ3v) is 5.12. The van der Waals surface area contributed by atoms with Gasteiger partial charge in [-0.15, -0.1) is 0 Å². The van der Waals surface area contributed by atoms with E-state index in [9.17, 15) is 4.79 Å². The molecule has 1 aromatic heterocycles. The van der Waals surface area contributed by atoms with Gasteiger partial charge in [-0.2, -0.15) is 0 Å². The smallest absolute Gasteiger partial charge is 0.255 e. The van der Waals surface area contributed by atoms with Crippen molar-refractivity contribution in [1.82, 2.24) is 4.98 Å². The number of ether oxygens (including phenoxy) is 3. The Hall–Kier alpha value is -3.71. The molecule has 0 saturated carbocycles. The molecule has 0 fully saturated rings. The first-order valence-corrected chi connectivity index (χ1v) is 10.1. The fraction of sp³-hybridized carbons (Fsp3) is 0.167. The standard InChI is InChI=1S/C24H21ClN2O5/c1-29-20-11-15(12-21(30-2)23(20)31-3)24(28)26-17-7-4-14(5-8-17)10-22-27-18-13-16(25)6-9-19(18)32-22/h4-9,11-13H,10H2,1-3H3,(H,26,28). The lowest BCUT2D eigenvalue weighted by atomic mass is 10.1. The monoisotopic (exact) mass is 452 g/mol. The summed E-state index contributed by atoms with van der Waals surface area (Å²) in [7, 11) is 4.52.